The van der Waals surface area contributed by atoms with Crippen LogP contribution in [0.4, 0.5) is 0 Å². The number of hydrogen-bond donors (Lipinski definition) is 1. The largest absolute Gasteiger partial charge is 0.367 e. The highest BCUT2D eigenvalue weighted by Gasteiger charge is 2.22. The van der Waals surface area contributed by atoms with Gasteiger partial charge >= 0.3 is 0 Å². The fraction of sp³-hybridized carbons (Fsp3) is 0.500. The minimum absolute atomic E-state index is 1.05. The van der Waals surface area contributed by atoms with E-state index in [1.807, 2.05) is 18.1 Å². The molecular formula is C14H22N4. The SMILES string of the molecule is C/C=C(/C)N1N=CC=C(N2CCNCC2)/C1=C/C. The molecular weight excluding hydrogens is 224 g/mol. The highest BCUT2D eigenvalue weighted by molar-refractivity contribution is 5.75. The van der Waals surface area contributed by atoms with Crippen molar-refractivity contribution in [3.8, 4) is 0 Å². The van der Waals surface area contributed by atoms with E-state index in [9.17, 15) is 0 Å². The van der Waals surface area contributed by atoms with Crippen molar-refractivity contribution in [2.24, 2.45) is 5.10 Å². The van der Waals surface area contributed by atoms with Gasteiger partial charge in [0, 0.05) is 38.1 Å². The molecule has 0 amide bonds. The van der Waals surface area contributed by atoms with Gasteiger partial charge in [0.2, 0.25) is 0 Å². The predicted molar refractivity (Wildman–Crippen MR) is 76.0 cm³/mol. The summed E-state index contributed by atoms with van der Waals surface area (Å²) < 4.78 is 0. The smallest absolute Gasteiger partial charge is 0.0839 e. The summed E-state index contributed by atoms with van der Waals surface area (Å²) >= 11 is 0. The molecule has 0 atom stereocenters. The van der Waals surface area contributed by atoms with Crippen molar-refractivity contribution in [3.05, 3.63) is 35.3 Å². The van der Waals surface area contributed by atoms with E-state index >= 15 is 0 Å². The summed E-state index contributed by atoms with van der Waals surface area (Å²) in [6.07, 6.45) is 8.22. The molecule has 2 heterocycles. The molecule has 1 saturated heterocycles. The van der Waals surface area contributed by atoms with Crippen LogP contribution in [0.25, 0.3) is 0 Å². The van der Waals surface area contributed by atoms with Gasteiger partial charge in [0.15, 0.2) is 0 Å². The van der Waals surface area contributed by atoms with E-state index in [0.29, 0.717) is 0 Å². The second kappa shape index (κ2) is 5.87. The van der Waals surface area contributed by atoms with Crippen molar-refractivity contribution in [2.45, 2.75) is 20.8 Å². The normalized spacial score (nSPS) is 23.6. The maximum Gasteiger partial charge on any atom is 0.0839 e. The van der Waals surface area contributed by atoms with Crippen LogP contribution in [-0.4, -0.2) is 42.3 Å². The van der Waals surface area contributed by atoms with Gasteiger partial charge < -0.3 is 10.2 Å². The van der Waals surface area contributed by atoms with E-state index in [1.54, 1.807) is 0 Å². The van der Waals surface area contributed by atoms with Gasteiger partial charge in [-0.3, -0.25) is 0 Å². The zero-order valence-electron chi connectivity index (χ0n) is 11.5. The van der Waals surface area contributed by atoms with E-state index in [0.717, 1.165) is 31.9 Å². The van der Waals surface area contributed by atoms with Crippen LogP contribution in [0.3, 0.4) is 0 Å². The highest BCUT2D eigenvalue weighted by atomic mass is 15.5. The van der Waals surface area contributed by atoms with E-state index in [-0.39, 0.29) is 0 Å². The molecule has 0 aliphatic carbocycles. The van der Waals surface area contributed by atoms with Crippen LogP contribution in [0.1, 0.15) is 20.8 Å². The van der Waals surface area contributed by atoms with Crippen molar-refractivity contribution in [1.82, 2.24) is 15.2 Å². The average molecular weight is 246 g/mol. The molecule has 0 bridgehead atoms. The molecule has 4 heteroatoms. The minimum Gasteiger partial charge on any atom is -0.367 e. The second-order valence-corrected chi connectivity index (χ2v) is 4.47. The molecule has 0 aromatic carbocycles. The van der Waals surface area contributed by atoms with Gasteiger partial charge in [-0.1, -0.05) is 12.2 Å². The van der Waals surface area contributed by atoms with Crippen molar-refractivity contribution >= 4 is 6.21 Å². The Hall–Kier alpha value is -1.55. The second-order valence-electron chi connectivity index (χ2n) is 4.47. The lowest BCUT2D eigenvalue weighted by atomic mass is 10.2. The Morgan fingerprint density at radius 3 is 2.67 bits per heavy atom. The first-order valence-corrected chi connectivity index (χ1v) is 6.57. The van der Waals surface area contributed by atoms with E-state index in [1.165, 1.54) is 11.4 Å². The summed E-state index contributed by atoms with van der Waals surface area (Å²) in [5, 5.41) is 9.85. The zero-order chi connectivity index (χ0) is 13.0. The lowest BCUT2D eigenvalue weighted by Crippen LogP contribution is -2.44. The summed E-state index contributed by atoms with van der Waals surface area (Å²) in [7, 11) is 0. The average Bonchev–Trinajstić information content (AvgIpc) is 2.46. The third-order valence-corrected chi connectivity index (χ3v) is 3.39. The number of nitrogens with one attached hydrogen (secondary N) is 1. The first-order chi connectivity index (χ1) is 8.77. The van der Waals surface area contributed by atoms with Gasteiger partial charge in [-0.25, -0.2) is 5.01 Å². The van der Waals surface area contributed by atoms with Gasteiger partial charge in [-0.05, 0) is 26.8 Å². The zero-order valence-corrected chi connectivity index (χ0v) is 11.5. The first kappa shape index (κ1) is 12.9. The maximum atomic E-state index is 4.45. The minimum atomic E-state index is 1.05. The third-order valence-electron chi connectivity index (χ3n) is 3.39. The van der Waals surface area contributed by atoms with Gasteiger partial charge in [-0.15, -0.1) is 0 Å². The van der Waals surface area contributed by atoms with Crippen molar-refractivity contribution in [2.75, 3.05) is 26.2 Å². The summed E-state index contributed by atoms with van der Waals surface area (Å²) in [6, 6.07) is 0. The molecule has 2 aliphatic rings. The Labute approximate surface area is 109 Å². The molecule has 4 nitrogen and oxygen atoms in total. The monoisotopic (exact) mass is 246 g/mol. The summed E-state index contributed by atoms with van der Waals surface area (Å²) in [4.78, 5) is 2.42. The summed E-state index contributed by atoms with van der Waals surface area (Å²) in [5.41, 5.74) is 3.60. The van der Waals surface area contributed by atoms with Gasteiger partial charge in [0.1, 0.15) is 0 Å². The Morgan fingerprint density at radius 2 is 2.06 bits per heavy atom. The van der Waals surface area contributed by atoms with Crippen molar-refractivity contribution in [1.29, 1.82) is 0 Å². The lowest BCUT2D eigenvalue weighted by molar-refractivity contribution is 0.285. The van der Waals surface area contributed by atoms with Crippen molar-refractivity contribution in [3.63, 3.8) is 0 Å². The standard InChI is InChI=1S/C14H22N4/c1-4-12(3)18-13(5-2)14(6-7-16-18)17-10-8-15-9-11-17/h4-7,15H,8-11H2,1-3H3/b12-4-,13-5-. The molecule has 2 aliphatic heterocycles. The quantitative estimate of drug-likeness (QED) is 0.807. The molecule has 18 heavy (non-hydrogen) atoms. The predicted octanol–water partition coefficient (Wildman–Crippen LogP) is 1.90. The van der Waals surface area contributed by atoms with Crippen LogP contribution in [-0.2, 0) is 0 Å². The van der Waals surface area contributed by atoms with Crippen LogP contribution >= 0.6 is 0 Å². The van der Waals surface area contributed by atoms with Crippen LogP contribution in [0.5, 0.6) is 0 Å². The molecule has 0 saturated carbocycles. The van der Waals surface area contributed by atoms with Gasteiger partial charge in [0.25, 0.3) is 0 Å². The van der Waals surface area contributed by atoms with Gasteiger partial charge in [-0.2, -0.15) is 5.10 Å². The van der Waals surface area contributed by atoms with E-state index in [4.69, 9.17) is 0 Å². The maximum absolute atomic E-state index is 4.45. The number of nitrogens with zero attached hydrogens (tertiary/aromatic N) is 3. The molecule has 0 spiro atoms. The first-order valence-electron chi connectivity index (χ1n) is 6.57. The number of rotatable bonds is 2. The Morgan fingerprint density at radius 1 is 1.33 bits per heavy atom. The third kappa shape index (κ3) is 2.48. The molecule has 1 fully saturated rings. The lowest BCUT2D eigenvalue weighted by Gasteiger charge is -2.36. The fourth-order valence-corrected chi connectivity index (χ4v) is 2.27. The molecule has 0 aromatic rings. The van der Waals surface area contributed by atoms with Crippen LogP contribution in [0.2, 0.25) is 0 Å². The highest BCUT2D eigenvalue weighted by Crippen LogP contribution is 2.26. The molecule has 0 aromatic heterocycles. The van der Waals surface area contributed by atoms with Crippen LogP contribution in [0, 0.1) is 0 Å². The summed E-state index contributed by atoms with van der Waals surface area (Å²) in [5.74, 6) is 0. The number of allylic oxidation sites excluding steroid dienone is 4. The Kier molecular flexibility index (Phi) is 4.20. The van der Waals surface area contributed by atoms with Gasteiger partial charge in [0.05, 0.1) is 11.4 Å². The van der Waals surface area contributed by atoms with Crippen LogP contribution in [0.15, 0.2) is 40.4 Å². The fourth-order valence-electron chi connectivity index (χ4n) is 2.27. The number of hydrogen-bond acceptors (Lipinski definition) is 4. The Balaban J connectivity index is 2.24. The molecule has 0 radical (unpaired) electrons. The molecule has 0 unspecified atom stereocenters. The van der Waals surface area contributed by atoms with E-state index in [2.05, 4.69) is 47.4 Å². The topological polar surface area (TPSA) is 30.9 Å². The Bertz CT molecular complexity index is 412. The summed E-state index contributed by atoms with van der Waals surface area (Å²) in [6.45, 7) is 10.4. The molecule has 1 N–H and O–H groups in total. The molecule has 98 valence electrons. The van der Waals surface area contributed by atoms with Crippen molar-refractivity contribution < 1.29 is 0 Å². The molecule has 2 rings (SSSR count). The number of piperazine rings is 1. The van der Waals surface area contributed by atoms with E-state index < -0.39 is 0 Å². The number of hydrazone groups is 1. The van der Waals surface area contributed by atoms with Crippen LogP contribution < -0.4 is 5.32 Å².